The highest BCUT2D eigenvalue weighted by molar-refractivity contribution is 5.53. The molecule has 1 aromatic heterocycles. The van der Waals surface area contributed by atoms with Gasteiger partial charge in [-0.05, 0) is 6.42 Å². The minimum absolute atomic E-state index is 0.115. The van der Waals surface area contributed by atoms with Gasteiger partial charge in [0.05, 0.1) is 0 Å². The molecule has 12 heavy (non-hydrogen) atoms. The van der Waals surface area contributed by atoms with Crippen molar-refractivity contribution >= 4 is 6.29 Å². The minimum atomic E-state index is -0.115. The number of aromatic nitrogens is 1. The Morgan fingerprint density at radius 2 is 2.00 bits per heavy atom. The maximum atomic E-state index is 10.5. The first-order valence-corrected chi connectivity index (χ1v) is 4.22. The van der Waals surface area contributed by atoms with Crippen LogP contribution in [0.5, 0.6) is 0 Å². The molecule has 0 spiro atoms. The van der Waals surface area contributed by atoms with Crippen LogP contribution >= 0.6 is 0 Å². The van der Waals surface area contributed by atoms with Crippen molar-refractivity contribution in [3.05, 3.63) is 30.6 Å². The summed E-state index contributed by atoms with van der Waals surface area (Å²) in [5, 5.41) is 0. The minimum Gasteiger partial charge on any atom is -0.283 e. The first-order valence-electron chi connectivity index (χ1n) is 4.22. The lowest BCUT2D eigenvalue weighted by Crippen LogP contribution is -2.39. The van der Waals surface area contributed by atoms with E-state index >= 15 is 0 Å². The second-order valence-electron chi connectivity index (χ2n) is 2.75. The topological polar surface area (TPSA) is 20.9 Å². The fraction of sp³-hybridized carbons (Fsp3) is 0.400. The molecule has 0 aromatic carbocycles. The third kappa shape index (κ3) is 2.16. The Balaban J connectivity index is 2.73. The van der Waals surface area contributed by atoms with E-state index in [1.165, 1.54) is 0 Å². The molecule has 0 bridgehead atoms. The van der Waals surface area contributed by atoms with Crippen LogP contribution in [0.1, 0.15) is 25.8 Å². The Bertz CT molecular complexity index is 233. The molecule has 1 radical (unpaired) electrons. The van der Waals surface area contributed by atoms with Gasteiger partial charge in [0, 0.05) is 18.6 Å². The molecule has 0 aliphatic carbocycles. The van der Waals surface area contributed by atoms with E-state index in [1.807, 2.05) is 41.4 Å². The van der Waals surface area contributed by atoms with Crippen LogP contribution in [0.3, 0.4) is 0 Å². The Kier molecular flexibility index (Phi) is 3.45. The van der Waals surface area contributed by atoms with E-state index in [4.69, 9.17) is 0 Å². The number of rotatable bonds is 4. The second-order valence-corrected chi connectivity index (χ2v) is 2.75. The summed E-state index contributed by atoms with van der Waals surface area (Å²) < 4.78 is 1.89. The highest BCUT2D eigenvalue weighted by Gasteiger charge is 2.15. The van der Waals surface area contributed by atoms with Gasteiger partial charge in [0.1, 0.15) is 0 Å². The zero-order chi connectivity index (χ0) is 8.81. The molecule has 1 rings (SSSR count). The molecule has 2 heteroatoms. The van der Waals surface area contributed by atoms with E-state index < -0.39 is 0 Å². The fourth-order valence-electron chi connectivity index (χ4n) is 1.16. The van der Waals surface area contributed by atoms with E-state index in [1.54, 1.807) is 0 Å². The molecule has 0 saturated carbocycles. The largest absolute Gasteiger partial charge is 0.283 e. The summed E-state index contributed by atoms with van der Waals surface area (Å²) in [6, 6.07) is 5.65. The van der Waals surface area contributed by atoms with Crippen LogP contribution in [0.25, 0.3) is 0 Å². The predicted molar refractivity (Wildman–Crippen MR) is 46.3 cm³/mol. The third-order valence-corrected chi connectivity index (χ3v) is 1.80. The molecule has 0 fully saturated rings. The number of hydrogen-bond acceptors (Lipinski definition) is 1. The monoisotopic (exact) mass is 163 g/mol. The van der Waals surface area contributed by atoms with Gasteiger partial charge in [-0.1, -0.05) is 13.0 Å². The van der Waals surface area contributed by atoms with Crippen molar-refractivity contribution < 1.29 is 9.36 Å². The quantitative estimate of drug-likeness (QED) is 0.615. The number of carbonyl (C=O) groups excluding carboxylic acids is 1. The molecule has 0 saturated heterocycles. The van der Waals surface area contributed by atoms with Crippen molar-refractivity contribution in [3.63, 3.8) is 0 Å². The maximum absolute atomic E-state index is 10.5. The Morgan fingerprint density at radius 1 is 1.33 bits per heavy atom. The average molecular weight is 163 g/mol. The van der Waals surface area contributed by atoms with Gasteiger partial charge in [0.25, 0.3) is 6.29 Å². The second kappa shape index (κ2) is 4.65. The molecule has 0 amide bonds. The molecule has 1 aromatic rings. The van der Waals surface area contributed by atoms with E-state index in [9.17, 15) is 4.79 Å². The molecule has 2 nitrogen and oxygen atoms in total. The van der Waals surface area contributed by atoms with Crippen molar-refractivity contribution in [2.24, 2.45) is 0 Å². The number of nitrogens with zero attached hydrogens (tertiary/aromatic N) is 1. The maximum Gasteiger partial charge on any atom is 0.273 e. The van der Waals surface area contributed by atoms with Gasteiger partial charge >= 0.3 is 0 Å². The number of hydrogen-bond donors (Lipinski definition) is 0. The van der Waals surface area contributed by atoms with Gasteiger partial charge in [0.15, 0.2) is 12.4 Å². The van der Waals surface area contributed by atoms with Crippen molar-refractivity contribution in [3.8, 4) is 0 Å². The highest BCUT2D eigenvalue weighted by atomic mass is 16.1. The molecule has 1 heterocycles. The van der Waals surface area contributed by atoms with Crippen LogP contribution in [0.2, 0.25) is 0 Å². The zero-order valence-electron chi connectivity index (χ0n) is 7.23. The van der Waals surface area contributed by atoms with Crippen LogP contribution in [0, 0.1) is 0 Å². The molecular weight excluding hydrogens is 150 g/mol. The van der Waals surface area contributed by atoms with Crippen molar-refractivity contribution in [1.82, 2.24) is 0 Å². The summed E-state index contributed by atoms with van der Waals surface area (Å²) in [4.78, 5) is 10.5. The van der Waals surface area contributed by atoms with Gasteiger partial charge < -0.3 is 0 Å². The van der Waals surface area contributed by atoms with Gasteiger partial charge in [0.2, 0.25) is 6.04 Å². The van der Waals surface area contributed by atoms with E-state index in [-0.39, 0.29) is 6.04 Å². The van der Waals surface area contributed by atoms with Crippen LogP contribution < -0.4 is 4.57 Å². The van der Waals surface area contributed by atoms with Crippen molar-refractivity contribution in [2.45, 2.75) is 25.8 Å². The van der Waals surface area contributed by atoms with Gasteiger partial charge in [-0.2, -0.15) is 4.57 Å². The van der Waals surface area contributed by atoms with Crippen molar-refractivity contribution in [1.29, 1.82) is 0 Å². The Morgan fingerprint density at radius 3 is 2.50 bits per heavy atom. The lowest BCUT2D eigenvalue weighted by Gasteiger charge is -2.01. The van der Waals surface area contributed by atoms with Crippen molar-refractivity contribution in [2.75, 3.05) is 0 Å². The van der Waals surface area contributed by atoms with Gasteiger partial charge in [-0.3, -0.25) is 4.79 Å². The molecule has 0 N–H and O–H groups in total. The molecule has 0 aliphatic heterocycles. The Hall–Kier alpha value is -1.18. The van der Waals surface area contributed by atoms with E-state index in [0.29, 0.717) is 0 Å². The van der Waals surface area contributed by atoms with E-state index in [2.05, 4.69) is 6.92 Å². The molecule has 1 atom stereocenters. The average Bonchev–Trinajstić information content (AvgIpc) is 2.15. The first-order chi connectivity index (χ1) is 5.88. The zero-order valence-corrected chi connectivity index (χ0v) is 7.23. The summed E-state index contributed by atoms with van der Waals surface area (Å²) in [6.45, 7) is 2.06. The fourth-order valence-corrected chi connectivity index (χ4v) is 1.16. The Labute approximate surface area is 72.8 Å². The van der Waals surface area contributed by atoms with Crippen LogP contribution in [0.15, 0.2) is 30.6 Å². The molecule has 1 unspecified atom stereocenters. The SMILES string of the molecule is CCCC([C]=O)[n+]1ccccc1. The lowest BCUT2D eigenvalue weighted by atomic mass is 10.2. The summed E-state index contributed by atoms with van der Waals surface area (Å²) in [6.07, 6.45) is 7.68. The van der Waals surface area contributed by atoms with Crippen LogP contribution in [-0.4, -0.2) is 6.29 Å². The third-order valence-electron chi connectivity index (χ3n) is 1.80. The molecular formula is C10H13NO+. The summed E-state index contributed by atoms with van der Waals surface area (Å²) in [5.41, 5.74) is 0. The summed E-state index contributed by atoms with van der Waals surface area (Å²) >= 11 is 0. The predicted octanol–water partition coefficient (Wildman–Crippen LogP) is 1.43. The molecule has 0 aliphatic rings. The standard InChI is InChI=1S/C10H13NO/c1-2-6-10(9-12)11-7-4-3-5-8-11/h3-5,7-8,10H,2,6H2,1H3/q+1. The van der Waals surface area contributed by atoms with E-state index in [0.717, 1.165) is 12.8 Å². The highest BCUT2D eigenvalue weighted by Crippen LogP contribution is 2.01. The lowest BCUT2D eigenvalue weighted by molar-refractivity contribution is -0.706. The van der Waals surface area contributed by atoms with Crippen LogP contribution in [0.4, 0.5) is 0 Å². The summed E-state index contributed by atoms with van der Waals surface area (Å²) in [5.74, 6) is 0. The first kappa shape index (κ1) is 8.91. The smallest absolute Gasteiger partial charge is 0.273 e. The van der Waals surface area contributed by atoms with Gasteiger partial charge in [-0.15, -0.1) is 0 Å². The number of pyridine rings is 1. The van der Waals surface area contributed by atoms with Gasteiger partial charge in [-0.25, -0.2) is 0 Å². The summed E-state index contributed by atoms with van der Waals surface area (Å²) in [7, 11) is 0. The normalized spacial score (nSPS) is 12.4. The van der Waals surface area contributed by atoms with Crippen LogP contribution in [-0.2, 0) is 4.79 Å². The molecule has 63 valence electrons.